The van der Waals surface area contributed by atoms with Gasteiger partial charge in [-0.1, -0.05) is 6.07 Å². The number of ether oxygens (including phenoxy) is 1. The third-order valence-electron chi connectivity index (χ3n) is 2.93. The molecule has 0 aliphatic heterocycles. The Balaban J connectivity index is 2.47. The molecule has 108 valence electrons. The van der Waals surface area contributed by atoms with Gasteiger partial charge in [-0.25, -0.2) is 4.39 Å². The summed E-state index contributed by atoms with van der Waals surface area (Å²) in [5, 5.41) is 0. The second-order valence-corrected chi connectivity index (χ2v) is 4.71. The van der Waals surface area contributed by atoms with E-state index in [-0.39, 0.29) is 11.9 Å². The minimum atomic E-state index is -0.305. The van der Waals surface area contributed by atoms with Crippen LogP contribution in [0.5, 0.6) is 5.75 Å². The van der Waals surface area contributed by atoms with E-state index in [1.165, 1.54) is 6.07 Å². The lowest BCUT2D eigenvalue weighted by Gasteiger charge is -2.20. The van der Waals surface area contributed by atoms with Crippen LogP contribution in [0.25, 0.3) is 0 Å². The summed E-state index contributed by atoms with van der Waals surface area (Å²) < 4.78 is 18.8. The van der Waals surface area contributed by atoms with Gasteiger partial charge in [-0.15, -0.1) is 0 Å². The van der Waals surface area contributed by atoms with E-state index >= 15 is 0 Å². The third-order valence-corrected chi connectivity index (χ3v) is 2.93. The highest BCUT2D eigenvalue weighted by molar-refractivity contribution is 5.29. The molecular formula is C14H24FN3O. The molecule has 1 aromatic rings. The van der Waals surface area contributed by atoms with Gasteiger partial charge in [0.1, 0.15) is 0 Å². The first-order valence-corrected chi connectivity index (χ1v) is 6.62. The predicted octanol–water partition coefficient (Wildman–Crippen LogP) is 0.985. The largest absolute Gasteiger partial charge is 0.491 e. The molecule has 4 N–H and O–H groups in total. The summed E-state index contributed by atoms with van der Waals surface area (Å²) in [7, 11) is 1.99. The van der Waals surface area contributed by atoms with Crippen LogP contribution in [0.15, 0.2) is 18.2 Å². The molecule has 0 aliphatic rings. The Morgan fingerprint density at radius 2 is 2.16 bits per heavy atom. The van der Waals surface area contributed by atoms with Crippen molar-refractivity contribution in [2.75, 3.05) is 33.3 Å². The van der Waals surface area contributed by atoms with E-state index in [2.05, 4.69) is 4.90 Å². The maximum atomic E-state index is 13.7. The summed E-state index contributed by atoms with van der Waals surface area (Å²) in [5.74, 6) is 0.00502. The van der Waals surface area contributed by atoms with E-state index in [1.807, 2.05) is 20.0 Å². The SMILES string of the molecule is CCOc1ccc(CCN(C)CC(N)CN)cc1F. The molecule has 0 fully saturated rings. The van der Waals surface area contributed by atoms with E-state index < -0.39 is 0 Å². The zero-order valence-corrected chi connectivity index (χ0v) is 11.7. The smallest absolute Gasteiger partial charge is 0.165 e. The first-order valence-electron chi connectivity index (χ1n) is 6.62. The van der Waals surface area contributed by atoms with Crippen molar-refractivity contribution < 1.29 is 9.13 Å². The van der Waals surface area contributed by atoms with Crippen LogP contribution in [0.3, 0.4) is 0 Å². The standard InChI is InChI=1S/C14H24FN3O/c1-3-19-14-5-4-11(8-13(14)15)6-7-18(2)10-12(17)9-16/h4-5,8,12H,3,6-7,9-10,16-17H2,1-2H3. The second-order valence-electron chi connectivity index (χ2n) is 4.71. The fourth-order valence-corrected chi connectivity index (χ4v) is 1.86. The van der Waals surface area contributed by atoms with E-state index in [4.69, 9.17) is 16.2 Å². The molecule has 0 aromatic heterocycles. The van der Waals surface area contributed by atoms with Crippen molar-refractivity contribution in [3.05, 3.63) is 29.6 Å². The first-order chi connectivity index (χ1) is 9.06. The number of halogens is 1. The molecule has 0 spiro atoms. The van der Waals surface area contributed by atoms with E-state index in [1.54, 1.807) is 6.07 Å². The van der Waals surface area contributed by atoms with Crippen molar-refractivity contribution >= 4 is 0 Å². The minimum Gasteiger partial charge on any atom is -0.491 e. The summed E-state index contributed by atoms with van der Waals surface area (Å²) in [6.45, 7) is 4.35. The van der Waals surface area contributed by atoms with Crippen LogP contribution in [-0.4, -0.2) is 44.2 Å². The molecule has 1 aromatic carbocycles. The third kappa shape index (κ3) is 5.55. The Bertz CT molecular complexity index is 387. The van der Waals surface area contributed by atoms with E-state index in [0.29, 0.717) is 18.9 Å². The molecule has 1 unspecified atom stereocenters. The van der Waals surface area contributed by atoms with Crippen molar-refractivity contribution in [3.8, 4) is 5.75 Å². The molecule has 0 amide bonds. The Labute approximate surface area is 114 Å². The average molecular weight is 269 g/mol. The highest BCUT2D eigenvalue weighted by atomic mass is 19.1. The number of benzene rings is 1. The number of hydrogen-bond donors (Lipinski definition) is 2. The summed E-state index contributed by atoms with van der Waals surface area (Å²) in [4.78, 5) is 2.10. The van der Waals surface area contributed by atoms with Gasteiger partial charge in [0.15, 0.2) is 11.6 Å². The summed E-state index contributed by atoms with van der Waals surface area (Å²) >= 11 is 0. The van der Waals surface area contributed by atoms with E-state index in [9.17, 15) is 4.39 Å². The maximum Gasteiger partial charge on any atom is 0.165 e. The lowest BCUT2D eigenvalue weighted by molar-refractivity contribution is 0.314. The van der Waals surface area contributed by atoms with Crippen LogP contribution in [0.2, 0.25) is 0 Å². The summed E-state index contributed by atoms with van der Waals surface area (Å²) in [5.41, 5.74) is 12.2. The van der Waals surface area contributed by atoms with Crippen LogP contribution < -0.4 is 16.2 Å². The van der Waals surface area contributed by atoms with Crippen molar-refractivity contribution in [1.82, 2.24) is 4.90 Å². The molecule has 0 heterocycles. The van der Waals surface area contributed by atoms with Gasteiger partial charge in [0.25, 0.3) is 0 Å². The van der Waals surface area contributed by atoms with Crippen LogP contribution >= 0.6 is 0 Å². The number of hydrogen-bond acceptors (Lipinski definition) is 4. The Morgan fingerprint density at radius 3 is 2.74 bits per heavy atom. The van der Waals surface area contributed by atoms with Gasteiger partial charge in [0.05, 0.1) is 6.61 Å². The lowest BCUT2D eigenvalue weighted by atomic mass is 10.1. The molecule has 0 saturated carbocycles. The fourth-order valence-electron chi connectivity index (χ4n) is 1.86. The molecular weight excluding hydrogens is 245 g/mol. The first kappa shape index (κ1) is 15.9. The van der Waals surface area contributed by atoms with Gasteiger partial charge in [0, 0.05) is 25.7 Å². The molecule has 1 atom stereocenters. The van der Waals surface area contributed by atoms with Gasteiger partial charge in [-0.3, -0.25) is 0 Å². The topological polar surface area (TPSA) is 64.5 Å². The molecule has 4 nitrogen and oxygen atoms in total. The number of nitrogens with two attached hydrogens (primary N) is 2. The zero-order valence-electron chi connectivity index (χ0n) is 11.7. The van der Waals surface area contributed by atoms with Crippen molar-refractivity contribution in [2.45, 2.75) is 19.4 Å². The van der Waals surface area contributed by atoms with Crippen LogP contribution in [0.4, 0.5) is 4.39 Å². The monoisotopic (exact) mass is 269 g/mol. The van der Waals surface area contributed by atoms with Gasteiger partial charge in [-0.2, -0.15) is 0 Å². The Kier molecular flexibility index (Phi) is 6.77. The molecule has 19 heavy (non-hydrogen) atoms. The molecule has 0 bridgehead atoms. The number of nitrogens with zero attached hydrogens (tertiary/aromatic N) is 1. The van der Waals surface area contributed by atoms with Crippen LogP contribution in [-0.2, 0) is 6.42 Å². The average Bonchev–Trinajstić information content (AvgIpc) is 2.39. The van der Waals surface area contributed by atoms with Crippen LogP contribution in [0, 0.1) is 5.82 Å². The molecule has 5 heteroatoms. The number of rotatable bonds is 8. The molecule has 0 radical (unpaired) electrons. The number of likely N-dealkylation sites (N-methyl/N-ethyl adjacent to an activating group) is 1. The van der Waals surface area contributed by atoms with Crippen LogP contribution in [0.1, 0.15) is 12.5 Å². The molecule has 0 aliphatic carbocycles. The van der Waals surface area contributed by atoms with Crippen molar-refractivity contribution in [3.63, 3.8) is 0 Å². The summed E-state index contributed by atoms with van der Waals surface area (Å²) in [6.07, 6.45) is 0.775. The van der Waals surface area contributed by atoms with Crippen molar-refractivity contribution in [2.24, 2.45) is 11.5 Å². The zero-order chi connectivity index (χ0) is 14.3. The van der Waals surface area contributed by atoms with Gasteiger partial charge in [0.2, 0.25) is 0 Å². The minimum absolute atomic E-state index is 0.0120. The van der Waals surface area contributed by atoms with E-state index in [0.717, 1.165) is 25.1 Å². The Morgan fingerprint density at radius 1 is 1.42 bits per heavy atom. The van der Waals surface area contributed by atoms with Gasteiger partial charge in [-0.05, 0) is 38.1 Å². The predicted molar refractivity (Wildman–Crippen MR) is 75.8 cm³/mol. The normalized spacial score (nSPS) is 12.7. The quantitative estimate of drug-likeness (QED) is 0.738. The van der Waals surface area contributed by atoms with Crippen molar-refractivity contribution in [1.29, 1.82) is 0 Å². The highest BCUT2D eigenvalue weighted by Gasteiger charge is 2.07. The lowest BCUT2D eigenvalue weighted by Crippen LogP contribution is -2.41. The second kappa shape index (κ2) is 8.09. The van der Waals surface area contributed by atoms with Gasteiger partial charge >= 0.3 is 0 Å². The summed E-state index contributed by atoms with van der Waals surface area (Å²) in [6, 6.07) is 5.09. The Hall–Kier alpha value is -1.17. The fraction of sp³-hybridized carbons (Fsp3) is 0.571. The van der Waals surface area contributed by atoms with Gasteiger partial charge < -0.3 is 21.1 Å². The molecule has 1 rings (SSSR count). The molecule has 0 saturated heterocycles. The highest BCUT2D eigenvalue weighted by Crippen LogP contribution is 2.18. The maximum absolute atomic E-state index is 13.7.